The molecule has 0 atom stereocenters. The van der Waals surface area contributed by atoms with E-state index in [2.05, 4.69) is 16.0 Å². The number of para-hydroxylation sites is 1. The van der Waals surface area contributed by atoms with E-state index < -0.39 is 0 Å². The van der Waals surface area contributed by atoms with Gasteiger partial charge in [-0.1, -0.05) is 30.3 Å². The van der Waals surface area contributed by atoms with Gasteiger partial charge in [-0.25, -0.2) is 9.18 Å². The number of halogens is 1. The number of benzene rings is 3. The summed E-state index contributed by atoms with van der Waals surface area (Å²) < 4.78 is 12.9. The number of amides is 3. The van der Waals surface area contributed by atoms with Gasteiger partial charge in [-0.05, 0) is 54.1 Å². The predicted molar refractivity (Wildman–Crippen MR) is 104 cm³/mol. The number of carbonyl (C=O) groups is 2. The van der Waals surface area contributed by atoms with Crippen LogP contribution < -0.4 is 16.0 Å². The highest BCUT2D eigenvalue weighted by atomic mass is 19.1. The average molecular weight is 363 g/mol. The first kappa shape index (κ1) is 18.1. The van der Waals surface area contributed by atoms with Crippen LogP contribution in [0.5, 0.6) is 0 Å². The van der Waals surface area contributed by atoms with Crippen LogP contribution in [-0.2, 0) is 11.2 Å². The average Bonchev–Trinajstić information content (AvgIpc) is 2.66. The molecule has 5 nitrogen and oxygen atoms in total. The van der Waals surface area contributed by atoms with E-state index in [0.29, 0.717) is 17.1 Å². The van der Waals surface area contributed by atoms with Crippen LogP contribution in [0.1, 0.15) is 5.56 Å². The SMILES string of the molecule is O=C(Cc1ccc(F)cc1)Nc1ccc(NC(=O)Nc2ccccc2)cc1. The van der Waals surface area contributed by atoms with E-state index in [9.17, 15) is 14.0 Å². The van der Waals surface area contributed by atoms with Crippen molar-refractivity contribution in [2.45, 2.75) is 6.42 Å². The molecule has 3 aromatic carbocycles. The lowest BCUT2D eigenvalue weighted by molar-refractivity contribution is -0.115. The molecule has 0 aromatic heterocycles. The molecule has 6 heteroatoms. The first-order valence-electron chi connectivity index (χ1n) is 8.36. The predicted octanol–water partition coefficient (Wildman–Crippen LogP) is 4.65. The van der Waals surface area contributed by atoms with Crippen molar-refractivity contribution in [3.05, 3.63) is 90.2 Å². The van der Waals surface area contributed by atoms with Crippen LogP contribution in [-0.4, -0.2) is 11.9 Å². The van der Waals surface area contributed by atoms with Crippen LogP contribution in [0.4, 0.5) is 26.2 Å². The number of rotatable bonds is 5. The van der Waals surface area contributed by atoms with Crippen molar-refractivity contribution in [3.8, 4) is 0 Å². The van der Waals surface area contributed by atoms with E-state index in [1.807, 2.05) is 18.2 Å². The van der Waals surface area contributed by atoms with Crippen molar-refractivity contribution >= 4 is 29.0 Å². The molecule has 0 bridgehead atoms. The second-order valence-electron chi connectivity index (χ2n) is 5.87. The minimum Gasteiger partial charge on any atom is -0.326 e. The Balaban J connectivity index is 1.51. The topological polar surface area (TPSA) is 70.2 Å². The van der Waals surface area contributed by atoms with Crippen LogP contribution >= 0.6 is 0 Å². The van der Waals surface area contributed by atoms with Gasteiger partial charge in [0.1, 0.15) is 5.82 Å². The minimum absolute atomic E-state index is 0.153. The van der Waals surface area contributed by atoms with Crippen LogP contribution in [0.3, 0.4) is 0 Å². The normalized spacial score (nSPS) is 10.1. The Morgan fingerprint density at radius 1 is 0.667 bits per heavy atom. The third-order valence-corrected chi connectivity index (χ3v) is 3.74. The van der Waals surface area contributed by atoms with Crippen molar-refractivity contribution in [2.24, 2.45) is 0 Å². The molecule has 0 aliphatic carbocycles. The summed E-state index contributed by atoms with van der Waals surface area (Å²) >= 11 is 0. The summed E-state index contributed by atoms with van der Waals surface area (Å²) in [4.78, 5) is 24.0. The lowest BCUT2D eigenvalue weighted by atomic mass is 10.1. The molecule has 136 valence electrons. The lowest BCUT2D eigenvalue weighted by Gasteiger charge is -2.09. The van der Waals surface area contributed by atoms with Crippen molar-refractivity contribution in [1.82, 2.24) is 0 Å². The van der Waals surface area contributed by atoms with Gasteiger partial charge in [-0.3, -0.25) is 4.79 Å². The first-order valence-corrected chi connectivity index (χ1v) is 8.36. The summed E-state index contributed by atoms with van der Waals surface area (Å²) in [6, 6.07) is 21.3. The van der Waals surface area contributed by atoms with Crippen molar-refractivity contribution in [2.75, 3.05) is 16.0 Å². The second-order valence-corrected chi connectivity index (χ2v) is 5.87. The molecule has 0 saturated carbocycles. The van der Waals surface area contributed by atoms with Crippen LogP contribution in [0, 0.1) is 5.82 Å². The van der Waals surface area contributed by atoms with Gasteiger partial charge in [0, 0.05) is 17.1 Å². The van der Waals surface area contributed by atoms with Gasteiger partial charge in [0.25, 0.3) is 0 Å². The van der Waals surface area contributed by atoms with E-state index in [1.54, 1.807) is 48.5 Å². The Morgan fingerprint density at radius 2 is 1.19 bits per heavy atom. The molecule has 0 spiro atoms. The molecule has 0 saturated heterocycles. The molecule has 0 radical (unpaired) electrons. The molecule has 0 heterocycles. The molecule has 3 amide bonds. The number of anilines is 3. The monoisotopic (exact) mass is 363 g/mol. The zero-order valence-electron chi connectivity index (χ0n) is 14.4. The van der Waals surface area contributed by atoms with Gasteiger partial charge in [-0.15, -0.1) is 0 Å². The maximum absolute atomic E-state index is 12.9. The summed E-state index contributed by atoms with van der Waals surface area (Å²) in [5.41, 5.74) is 2.63. The smallest absolute Gasteiger partial charge is 0.323 e. The quantitative estimate of drug-likeness (QED) is 0.617. The summed E-state index contributed by atoms with van der Waals surface area (Å²) in [5.74, 6) is -0.539. The fraction of sp³-hybridized carbons (Fsp3) is 0.0476. The molecule has 3 rings (SSSR count). The molecule has 27 heavy (non-hydrogen) atoms. The van der Waals surface area contributed by atoms with Gasteiger partial charge >= 0.3 is 6.03 Å². The maximum Gasteiger partial charge on any atom is 0.323 e. The van der Waals surface area contributed by atoms with E-state index in [0.717, 1.165) is 5.56 Å². The Hall–Kier alpha value is -3.67. The zero-order valence-corrected chi connectivity index (χ0v) is 14.4. The maximum atomic E-state index is 12.9. The molecular weight excluding hydrogens is 345 g/mol. The van der Waals surface area contributed by atoms with E-state index in [4.69, 9.17) is 0 Å². The van der Waals surface area contributed by atoms with Crippen molar-refractivity contribution in [3.63, 3.8) is 0 Å². The third kappa shape index (κ3) is 5.67. The van der Waals surface area contributed by atoms with Crippen LogP contribution in [0.2, 0.25) is 0 Å². The summed E-state index contributed by atoms with van der Waals surface area (Å²) in [7, 11) is 0. The summed E-state index contributed by atoms with van der Waals surface area (Å²) in [5, 5.41) is 8.20. The molecule has 3 N–H and O–H groups in total. The van der Waals surface area contributed by atoms with Gasteiger partial charge < -0.3 is 16.0 Å². The Bertz CT molecular complexity index is 910. The number of nitrogens with one attached hydrogen (secondary N) is 3. The number of urea groups is 1. The molecule has 0 unspecified atom stereocenters. The van der Waals surface area contributed by atoms with E-state index in [-0.39, 0.29) is 24.2 Å². The lowest BCUT2D eigenvalue weighted by Crippen LogP contribution is -2.19. The Labute approximate surface area is 156 Å². The summed E-state index contributed by atoms with van der Waals surface area (Å²) in [6.07, 6.45) is 0.153. The zero-order chi connectivity index (χ0) is 19.1. The highest BCUT2D eigenvalue weighted by Crippen LogP contribution is 2.15. The summed E-state index contributed by atoms with van der Waals surface area (Å²) in [6.45, 7) is 0. The van der Waals surface area contributed by atoms with Gasteiger partial charge in [0.15, 0.2) is 0 Å². The van der Waals surface area contributed by atoms with Crippen LogP contribution in [0.15, 0.2) is 78.9 Å². The molecule has 3 aromatic rings. The first-order chi connectivity index (χ1) is 13.1. The fourth-order valence-electron chi connectivity index (χ4n) is 2.44. The molecule has 0 aliphatic heterocycles. The fourth-order valence-corrected chi connectivity index (χ4v) is 2.44. The standard InChI is InChI=1S/C21H18FN3O2/c22-16-8-6-15(7-9-16)14-20(26)23-18-10-12-19(13-11-18)25-21(27)24-17-4-2-1-3-5-17/h1-13H,14H2,(H,23,26)(H2,24,25,27). The Kier molecular flexibility index (Phi) is 5.79. The largest absolute Gasteiger partial charge is 0.326 e. The van der Waals surface area contributed by atoms with Gasteiger partial charge in [-0.2, -0.15) is 0 Å². The van der Waals surface area contributed by atoms with Crippen LogP contribution in [0.25, 0.3) is 0 Å². The molecule has 0 aliphatic rings. The van der Waals surface area contributed by atoms with Gasteiger partial charge in [0.2, 0.25) is 5.91 Å². The Morgan fingerprint density at radius 3 is 1.78 bits per heavy atom. The molecular formula is C21H18FN3O2. The number of carbonyl (C=O) groups excluding carboxylic acids is 2. The third-order valence-electron chi connectivity index (χ3n) is 3.74. The van der Waals surface area contributed by atoms with Gasteiger partial charge in [0.05, 0.1) is 6.42 Å². The second kappa shape index (κ2) is 8.62. The molecule has 0 fully saturated rings. The number of hydrogen-bond donors (Lipinski definition) is 3. The minimum atomic E-state index is -0.353. The highest BCUT2D eigenvalue weighted by molar-refractivity contribution is 6.00. The van der Waals surface area contributed by atoms with E-state index >= 15 is 0 Å². The van der Waals surface area contributed by atoms with Crippen molar-refractivity contribution in [1.29, 1.82) is 0 Å². The highest BCUT2D eigenvalue weighted by Gasteiger charge is 2.06. The van der Waals surface area contributed by atoms with E-state index in [1.165, 1.54) is 12.1 Å². The van der Waals surface area contributed by atoms with Crippen molar-refractivity contribution < 1.29 is 14.0 Å². The number of hydrogen-bond acceptors (Lipinski definition) is 2.